The number of allylic oxidation sites excluding steroid dienone is 1. The van der Waals surface area contributed by atoms with E-state index in [1.165, 1.54) is 6.33 Å². The van der Waals surface area contributed by atoms with Crippen molar-refractivity contribution >= 4 is 27.8 Å². The predicted octanol–water partition coefficient (Wildman–Crippen LogP) is 4.47. The van der Waals surface area contributed by atoms with Crippen molar-refractivity contribution in [3.8, 4) is 11.5 Å². The number of carbonyl (C=O) groups excluding carboxylic acids is 1. The third-order valence-corrected chi connectivity index (χ3v) is 5.27. The molecule has 0 bridgehead atoms. The SMILES string of the molecule is CCCCOC(=O)C1=C(C)Nc2ncnn2C1c1cc(Br)c(OCC)c(OCC)c1. The molecule has 0 saturated carbocycles. The van der Waals surface area contributed by atoms with Gasteiger partial charge in [-0.3, -0.25) is 0 Å². The molecule has 1 aromatic carbocycles. The molecule has 0 amide bonds. The number of esters is 1. The van der Waals surface area contributed by atoms with Crippen molar-refractivity contribution in [3.63, 3.8) is 0 Å². The molecular weight excluding hydrogens is 452 g/mol. The Labute approximate surface area is 184 Å². The molecule has 0 aliphatic carbocycles. The van der Waals surface area contributed by atoms with Crippen molar-refractivity contribution < 1.29 is 19.0 Å². The van der Waals surface area contributed by atoms with E-state index in [4.69, 9.17) is 14.2 Å². The molecule has 0 spiro atoms. The topological polar surface area (TPSA) is 87.5 Å². The summed E-state index contributed by atoms with van der Waals surface area (Å²) >= 11 is 3.59. The van der Waals surface area contributed by atoms with E-state index in [0.717, 1.165) is 22.9 Å². The van der Waals surface area contributed by atoms with E-state index in [1.807, 2.05) is 32.9 Å². The Bertz CT molecular complexity index is 941. The van der Waals surface area contributed by atoms with E-state index in [-0.39, 0.29) is 5.97 Å². The standard InChI is InChI=1S/C21H27BrN4O4/c1-5-8-9-30-20(27)17-13(4)25-21-23-12-24-26(21)18(17)14-10-15(22)19(29-7-3)16(11-14)28-6-2/h10-12,18H,5-9H2,1-4H3,(H,23,24,25). The van der Waals surface area contributed by atoms with Crippen LogP contribution >= 0.6 is 15.9 Å². The summed E-state index contributed by atoms with van der Waals surface area (Å²) in [5.41, 5.74) is 1.98. The van der Waals surface area contributed by atoms with Crippen LogP contribution in [0.1, 0.15) is 52.1 Å². The van der Waals surface area contributed by atoms with Gasteiger partial charge in [-0.1, -0.05) is 13.3 Å². The first kappa shape index (κ1) is 22.1. The predicted molar refractivity (Wildman–Crippen MR) is 117 cm³/mol. The summed E-state index contributed by atoms with van der Waals surface area (Å²) in [7, 11) is 0. The molecule has 1 unspecified atom stereocenters. The van der Waals surface area contributed by atoms with Gasteiger partial charge in [0.05, 0.1) is 29.9 Å². The van der Waals surface area contributed by atoms with E-state index < -0.39 is 6.04 Å². The highest BCUT2D eigenvalue weighted by atomic mass is 79.9. The van der Waals surface area contributed by atoms with Crippen LogP contribution in [0.4, 0.5) is 5.95 Å². The molecule has 0 radical (unpaired) electrons. The minimum absolute atomic E-state index is 0.373. The second-order valence-electron chi connectivity index (χ2n) is 6.78. The van der Waals surface area contributed by atoms with Crippen molar-refractivity contribution in [2.24, 2.45) is 0 Å². The lowest BCUT2D eigenvalue weighted by molar-refractivity contribution is -0.139. The minimum Gasteiger partial charge on any atom is -0.490 e. The van der Waals surface area contributed by atoms with Crippen molar-refractivity contribution in [2.45, 2.75) is 46.6 Å². The van der Waals surface area contributed by atoms with Crippen LogP contribution in [0.3, 0.4) is 0 Å². The van der Waals surface area contributed by atoms with Gasteiger partial charge in [0.1, 0.15) is 12.4 Å². The number of unbranched alkanes of at least 4 members (excludes halogenated alkanes) is 1. The molecule has 0 fully saturated rings. The number of aromatic nitrogens is 3. The van der Waals surface area contributed by atoms with Crippen LogP contribution < -0.4 is 14.8 Å². The summed E-state index contributed by atoms with van der Waals surface area (Å²) in [6.07, 6.45) is 3.22. The molecule has 30 heavy (non-hydrogen) atoms. The Kier molecular flexibility index (Phi) is 7.36. The number of nitrogens with one attached hydrogen (secondary N) is 1. The molecule has 8 nitrogen and oxygen atoms in total. The third-order valence-electron chi connectivity index (χ3n) is 4.68. The van der Waals surface area contributed by atoms with Gasteiger partial charge in [-0.2, -0.15) is 10.1 Å². The normalized spacial score (nSPS) is 15.4. The lowest BCUT2D eigenvalue weighted by atomic mass is 9.95. The fourth-order valence-electron chi connectivity index (χ4n) is 3.34. The summed E-state index contributed by atoms with van der Waals surface area (Å²) in [5, 5.41) is 7.50. The quantitative estimate of drug-likeness (QED) is 0.420. The van der Waals surface area contributed by atoms with Gasteiger partial charge in [-0.15, -0.1) is 0 Å². The highest BCUT2D eigenvalue weighted by Crippen LogP contribution is 2.42. The van der Waals surface area contributed by atoms with Crippen LogP contribution in [0.15, 0.2) is 34.2 Å². The maximum atomic E-state index is 13.0. The van der Waals surface area contributed by atoms with Gasteiger partial charge in [0.15, 0.2) is 11.5 Å². The Morgan fingerprint density at radius 3 is 2.70 bits per heavy atom. The smallest absolute Gasteiger partial charge is 0.338 e. The summed E-state index contributed by atoms with van der Waals surface area (Å²) in [6, 6.07) is 3.29. The molecule has 1 aliphatic heterocycles. The Morgan fingerprint density at radius 2 is 2.00 bits per heavy atom. The largest absolute Gasteiger partial charge is 0.490 e. The first-order valence-electron chi connectivity index (χ1n) is 10.1. The van der Waals surface area contributed by atoms with Gasteiger partial charge < -0.3 is 19.5 Å². The number of hydrogen-bond donors (Lipinski definition) is 1. The number of halogens is 1. The number of nitrogens with zero attached hydrogens (tertiary/aromatic N) is 3. The van der Waals surface area contributed by atoms with E-state index in [0.29, 0.717) is 48.5 Å². The van der Waals surface area contributed by atoms with Gasteiger partial charge in [0, 0.05) is 5.70 Å². The van der Waals surface area contributed by atoms with Crippen LogP contribution in [0, 0.1) is 0 Å². The maximum Gasteiger partial charge on any atom is 0.338 e. The zero-order chi connectivity index (χ0) is 21.7. The van der Waals surface area contributed by atoms with Crippen molar-refractivity contribution in [1.82, 2.24) is 14.8 Å². The summed E-state index contributed by atoms with van der Waals surface area (Å²) in [5.74, 6) is 1.41. The number of carbonyl (C=O) groups is 1. The molecule has 2 aromatic rings. The number of anilines is 1. The second kappa shape index (κ2) is 9.97. The Balaban J connectivity index is 2.09. The average molecular weight is 479 g/mol. The van der Waals surface area contributed by atoms with E-state index in [2.05, 4.69) is 38.3 Å². The van der Waals surface area contributed by atoms with Crippen LogP contribution in [0.2, 0.25) is 0 Å². The summed E-state index contributed by atoms with van der Waals surface area (Å²) in [6.45, 7) is 9.09. The first-order valence-corrected chi connectivity index (χ1v) is 10.9. The van der Waals surface area contributed by atoms with Crippen LogP contribution in [-0.4, -0.2) is 40.6 Å². The van der Waals surface area contributed by atoms with Gasteiger partial charge in [0.25, 0.3) is 0 Å². The van der Waals surface area contributed by atoms with Crippen LogP contribution in [0.25, 0.3) is 0 Å². The molecule has 1 atom stereocenters. The van der Waals surface area contributed by atoms with Crippen LogP contribution in [-0.2, 0) is 9.53 Å². The summed E-state index contributed by atoms with van der Waals surface area (Å²) in [4.78, 5) is 17.3. The fourth-order valence-corrected chi connectivity index (χ4v) is 3.92. The van der Waals surface area contributed by atoms with Gasteiger partial charge in [-0.25, -0.2) is 9.48 Å². The van der Waals surface area contributed by atoms with Crippen molar-refractivity contribution in [1.29, 1.82) is 0 Å². The highest BCUT2D eigenvalue weighted by molar-refractivity contribution is 9.10. The van der Waals surface area contributed by atoms with Crippen molar-refractivity contribution in [2.75, 3.05) is 25.1 Å². The molecule has 1 N–H and O–H groups in total. The summed E-state index contributed by atoms with van der Waals surface area (Å²) < 4.78 is 19.5. The third kappa shape index (κ3) is 4.45. The number of benzene rings is 1. The molecule has 0 saturated heterocycles. The lowest BCUT2D eigenvalue weighted by Crippen LogP contribution is -2.30. The van der Waals surface area contributed by atoms with Gasteiger partial charge in [-0.05, 0) is 60.8 Å². The number of hydrogen-bond acceptors (Lipinski definition) is 7. The van der Waals surface area contributed by atoms with Gasteiger partial charge >= 0.3 is 5.97 Å². The molecule has 2 heterocycles. The number of fused-ring (bicyclic) bond motifs is 1. The number of rotatable bonds is 9. The Morgan fingerprint density at radius 1 is 1.23 bits per heavy atom. The van der Waals surface area contributed by atoms with E-state index >= 15 is 0 Å². The molecule has 162 valence electrons. The molecule has 1 aliphatic rings. The Hall–Kier alpha value is -2.55. The minimum atomic E-state index is -0.510. The molecule has 9 heteroatoms. The number of ether oxygens (including phenoxy) is 3. The molecule has 3 rings (SSSR count). The highest BCUT2D eigenvalue weighted by Gasteiger charge is 2.35. The molecular formula is C21H27BrN4O4. The zero-order valence-corrected chi connectivity index (χ0v) is 19.3. The zero-order valence-electron chi connectivity index (χ0n) is 17.7. The monoisotopic (exact) mass is 478 g/mol. The van der Waals surface area contributed by atoms with Gasteiger partial charge in [0.2, 0.25) is 5.95 Å². The van der Waals surface area contributed by atoms with Crippen molar-refractivity contribution in [3.05, 3.63) is 39.8 Å². The van der Waals surface area contributed by atoms with E-state index in [9.17, 15) is 4.79 Å². The van der Waals surface area contributed by atoms with Crippen LogP contribution in [0.5, 0.6) is 11.5 Å². The fraction of sp³-hybridized carbons (Fsp3) is 0.476. The average Bonchev–Trinajstić information content (AvgIpc) is 3.17. The lowest BCUT2D eigenvalue weighted by Gasteiger charge is -2.29. The first-order chi connectivity index (χ1) is 14.5. The maximum absolute atomic E-state index is 13.0. The second-order valence-corrected chi connectivity index (χ2v) is 7.63. The van der Waals surface area contributed by atoms with E-state index in [1.54, 1.807) is 4.68 Å². The molecule has 1 aromatic heterocycles.